The number of hydrogen-bond acceptors (Lipinski definition) is 2. The van der Waals surface area contributed by atoms with Crippen molar-refractivity contribution in [2.24, 2.45) is 0 Å². The van der Waals surface area contributed by atoms with Crippen molar-refractivity contribution in [3.63, 3.8) is 0 Å². The molecule has 0 saturated carbocycles. The molecule has 0 rings (SSSR count). The third-order valence-electron chi connectivity index (χ3n) is 1.12. The molecular formula is C6H11N3O. The van der Waals surface area contributed by atoms with Gasteiger partial charge in [0, 0.05) is 20.6 Å². The van der Waals surface area contributed by atoms with Gasteiger partial charge in [0.25, 0.3) is 0 Å². The highest BCUT2D eigenvalue weighted by molar-refractivity contribution is 5.73. The van der Waals surface area contributed by atoms with Crippen LogP contribution in [0, 0.1) is 11.3 Å². The van der Waals surface area contributed by atoms with Gasteiger partial charge in [0.2, 0.25) is 0 Å². The summed E-state index contributed by atoms with van der Waals surface area (Å²) in [6.45, 7) is 0.482. The van der Waals surface area contributed by atoms with E-state index in [9.17, 15) is 4.79 Å². The van der Waals surface area contributed by atoms with Crippen LogP contribution in [0.5, 0.6) is 0 Å². The summed E-state index contributed by atoms with van der Waals surface area (Å²) in [5.74, 6) is 0. The Labute approximate surface area is 60.4 Å². The Bertz CT molecular complexity index is 150. The Kier molecular flexibility index (Phi) is 4.05. The summed E-state index contributed by atoms with van der Waals surface area (Å²) in [4.78, 5) is 12.2. The van der Waals surface area contributed by atoms with Gasteiger partial charge in [0.1, 0.15) is 0 Å². The first-order valence-corrected chi connectivity index (χ1v) is 3.02. The summed E-state index contributed by atoms with van der Waals surface area (Å²) in [6, 6.07) is 1.80. The van der Waals surface area contributed by atoms with Gasteiger partial charge in [0.05, 0.1) is 12.5 Å². The van der Waals surface area contributed by atoms with Crippen molar-refractivity contribution in [3.8, 4) is 6.07 Å². The molecule has 4 heteroatoms. The zero-order valence-electron chi connectivity index (χ0n) is 6.22. The first-order valence-electron chi connectivity index (χ1n) is 3.02. The van der Waals surface area contributed by atoms with Crippen LogP contribution in [-0.2, 0) is 0 Å². The van der Waals surface area contributed by atoms with Crippen LogP contribution in [0.1, 0.15) is 6.42 Å². The van der Waals surface area contributed by atoms with Gasteiger partial charge in [0.15, 0.2) is 0 Å². The predicted molar refractivity (Wildman–Crippen MR) is 37.3 cm³/mol. The normalized spacial score (nSPS) is 8.10. The smallest absolute Gasteiger partial charge is 0.316 e. The number of nitrogens with one attached hydrogen (secondary N) is 1. The van der Waals surface area contributed by atoms with Crippen molar-refractivity contribution in [3.05, 3.63) is 0 Å². The van der Waals surface area contributed by atoms with Gasteiger partial charge in [-0.3, -0.25) is 0 Å². The molecule has 0 saturated heterocycles. The number of hydrogen-bond donors (Lipinski definition) is 1. The molecule has 4 nitrogen and oxygen atoms in total. The minimum absolute atomic E-state index is 0.157. The van der Waals surface area contributed by atoms with E-state index in [1.54, 1.807) is 14.1 Å². The summed E-state index contributed by atoms with van der Waals surface area (Å²) >= 11 is 0. The molecule has 0 aliphatic heterocycles. The van der Waals surface area contributed by atoms with E-state index in [0.717, 1.165) is 0 Å². The van der Waals surface area contributed by atoms with Gasteiger partial charge in [-0.15, -0.1) is 0 Å². The number of rotatable bonds is 2. The predicted octanol–water partition coefficient (Wildman–Crippen LogP) is 0.171. The van der Waals surface area contributed by atoms with E-state index in [1.807, 2.05) is 6.07 Å². The maximum absolute atomic E-state index is 10.7. The number of carbonyl (C=O) groups excluding carboxylic acids is 1. The van der Waals surface area contributed by atoms with E-state index in [-0.39, 0.29) is 6.03 Å². The third-order valence-corrected chi connectivity index (χ3v) is 1.12. The van der Waals surface area contributed by atoms with Crippen LogP contribution >= 0.6 is 0 Å². The SMILES string of the molecule is CNC(=O)N(C)CCC#N. The summed E-state index contributed by atoms with van der Waals surface area (Å²) in [5.41, 5.74) is 0. The van der Waals surface area contributed by atoms with E-state index in [1.165, 1.54) is 4.90 Å². The summed E-state index contributed by atoms with van der Waals surface area (Å²) < 4.78 is 0. The lowest BCUT2D eigenvalue weighted by molar-refractivity contribution is 0.212. The monoisotopic (exact) mass is 141 g/mol. The quantitative estimate of drug-likeness (QED) is 0.596. The second-order valence-electron chi connectivity index (χ2n) is 1.88. The van der Waals surface area contributed by atoms with Crippen LogP contribution in [0.25, 0.3) is 0 Å². The van der Waals surface area contributed by atoms with Crippen LogP contribution in [0.3, 0.4) is 0 Å². The van der Waals surface area contributed by atoms with E-state index in [4.69, 9.17) is 5.26 Å². The molecule has 0 bridgehead atoms. The maximum Gasteiger partial charge on any atom is 0.316 e. The second-order valence-corrected chi connectivity index (χ2v) is 1.88. The fourth-order valence-corrected chi connectivity index (χ4v) is 0.510. The van der Waals surface area contributed by atoms with Crippen LogP contribution in [0.4, 0.5) is 4.79 Å². The van der Waals surface area contributed by atoms with Crippen molar-refractivity contribution in [1.29, 1.82) is 5.26 Å². The lowest BCUT2D eigenvalue weighted by Crippen LogP contribution is -2.35. The lowest BCUT2D eigenvalue weighted by Gasteiger charge is -2.13. The van der Waals surface area contributed by atoms with Crippen molar-refractivity contribution in [1.82, 2.24) is 10.2 Å². The Hall–Kier alpha value is -1.24. The first kappa shape index (κ1) is 8.76. The van der Waals surface area contributed by atoms with E-state index in [0.29, 0.717) is 13.0 Å². The zero-order valence-corrected chi connectivity index (χ0v) is 6.22. The number of urea groups is 1. The Morgan fingerprint density at radius 2 is 2.40 bits per heavy atom. The standard InChI is InChI=1S/C6H11N3O/c1-8-6(10)9(2)5-3-4-7/h3,5H2,1-2H3,(H,8,10). The Morgan fingerprint density at radius 1 is 1.80 bits per heavy atom. The number of amides is 2. The molecule has 2 amide bonds. The van der Waals surface area contributed by atoms with Gasteiger partial charge in [-0.25, -0.2) is 4.79 Å². The van der Waals surface area contributed by atoms with E-state index >= 15 is 0 Å². The molecule has 0 aliphatic carbocycles. The molecule has 0 aromatic rings. The zero-order chi connectivity index (χ0) is 7.98. The largest absolute Gasteiger partial charge is 0.341 e. The Morgan fingerprint density at radius 3 is 2.80 bits per heavy atom. The van der Waals surface area contributed by atoms with Gasteiger partial charge in [-0.05, 0) is 0 Å². The summed E-state index contributed by atoms with van der Waals surface area (Å²) in [6.07, 6.45) is 0.379. The Balaban J connectivity index is 3.53. The highest BCUT2D eigenvalue weighted by Crippen LogP contribution is 1.85. The minimum atomic E-state index is -0.157. The number of carbonyl (C=O) groups is 1. The molecular weight excluding hydrogens is 130 g/mol. The maximum atomic E-state index is 10.7. The fraction of sp³-hybridized carbons (Fsp3) is 0.667. The summed E-state index contributed by atoms with van der Waals surface area (Å²) in [5, 5.41) is 10.6. The van der Waals surface area contributed by atoms with Crippen molar-refractivity contribution >= 4 is 6.03 Å². The molecule has 0 aromatic heterocycles. The highest BCUT2D eigenvalue weighted by atomic mass is 16.2. The fourth-order valence-electron chi connectivity index (χ4n) is 0.510. The van der Waals surface area contributed by atoms with Gasteiger partial charge >= 0.3 is 6.03 Å². The average Bonchev–Trinajstić information content (AvgIpc) is 1.98. The highest BCUT2D eigenvalue weighted by Gasteiger charge is 2.02. The van der Waals surface area contributed by atoms with Crippen LogP contribution in [0.2, 0.25) is 0 Å². The molecule has 0 fully saturated rings. The number of nitrogens with zero attached hydrogens (tertiary/aromatic N) is 2. The van der Waals surface area contributed by atoms with E-state index < -0.39 is 0 Å². The summed E-state index contributed by atoms with van der Waals surface area (Å²) in [7, 11) is 3.21. The van der Waals surface area contributed by atoms with Gasteiger partial charge in [-0.2, -0.15) is 5.26 Å². The number of nitriles is 1. The van der Waals surface area contributed by atoms with Crippen LogP contribution < -0.4 is 5.32 Å². The van der Waals surface area contributed by atoms with Crippen molar-refractivity contribution in [2.75, 3.05) is 20.6 Å². The topological polar surface area (TPSA) is 56.1 Å². The van der Waals surface area contributed by atoms with Crippen LogP contribution in [0.15, 0.2) is 0 Å². The van der Waals surface area contributed by atoms with Crippen LogP contribution in [-0.4, -0.2) is 31.6 Å². The van der Waals surface area contributed by atoms with Gasteiger partial charge in [-0.1, -0.05) is 0 Å². The van der Waals surface area contributed by atoms with Crippen molar-refractivity contribution < 1.29 is 4.79 Å². The van der Waals surface area contributed by atoms with E-state index in [2.05, 4.69) is 5.32 Å². The molecule has 56 valence electrons. The minimum Gasteiger partial charge on any atom is -0.341 e. The molecule has 0 aliphatic rings. The molecule has 0 spiro atoms. The molecule has 0 radical (unpaired) electrons. The third kappa shape index (κ3) is 2.92. The van der Waals surface area contributed by atoms with Crippen molar-refractivity contribution in [2.45, 2.75) is 6.42 Å². The average molecular weight is 141 g/mol. The molecule has 10 heavy (non-hydrogen) atoms. The van der Waals surface area contributed by atoms with Gasteiger partial charge < -0.3 is 10.2 Å². The first-order chi connectivity index (χ1) is 4.72. The molecule has 0 unspecified atom stereocenters. The lowest BCUT2D eigenvalue weighted by atomic mass is 10.4. The molecule has 0 aromatic carbocycles. The molecule has 0 atom stereocenters. The molecule has 0 heterocycles. The second kappa shape index (κ2) is 4.62. The molecule has 1 N–H and O–H groups in total.